The van der Waals surface area contributed by atoms with Crippen molar-refractivity contribution in [3.05, 3.63) is 71.8 Å². The largest absolute Gasteiger partial charge is 0.393 e. The Kier molecular flexibility index (Phi) is 64.2. The predicted molar refractivity (Wildman–Crippen MR) is 566 cm³/mol. The molecule has 148 heavy (non-hydrogen) atoms. The lowest BCUT2D eigenvalue weighted by Gasteiger charge is -2.27. The Morgan fingerprint density at radius 3 is 0.932 bits per heavy atom. The van der Waals surface area contributed by atoms with Gasteiger partial charge in [0.2, 0.25) is 94.5 Å². The molecule has 0 spiro atoms. The lowest BCUT2D eigenvalue weighted by molar-refractivity contribution is -0.136. The molecule has 0 aliphatic carbocycles. The first-order valence-corrected chi connectivity index (χ1v) is 53.8. The average molecular weight is 2080 g/mol. The number of amides is 16. The van der Waals surface area contributed by atoms with E-state index in [0.717, 1.165) is 32.1 Å². The van der Waals surface area contributed by atoms with Crippen molar-refractivity contribution in [2.45, 2.75) is 386 Å². The Morgan fingerprint density at radius 1 is 0.331 bits per heavy atom. The number of nitrogens with two attached hydrogens (primary N) is 6. The minimum absolute atomic E-state index is 0.00158. The van der Waals surface area contributed by atoms with Crippen molar-refractivity contribution in [2.24, 2.45) is 81.7 Å². The zero-order chi connectivity index (χ0) is 111. The fourth-order valence-electron chi connectivity index (χ4n) is 17.5. The number of nitrogens with one attached hydrogen (secondary N) is 16. The molecular weight excluding hydrogens is 1900 g/mol. The third kappa shape index (κ3) is 51.5. The predicted octanol–water partition coefficient (Wildman–Crippen LogP) is 1.25. The second-order valence-electron chi connectivity index (χ2n) is 41.4. The van der Waals surface area contributed by atoms with Crippen LogP contribution >= 0.6 is 0 Å². The van der Waals surface area contributed by atoms with Crippen LogP contribution in [0.2, 0.25) is 0 Å². The molecule has 0 radical (unpaired) electrons. The maximum Gasteiger partial charge on any atom is 0.243 e. The van der Waals surface area contributed by atoms with Gasteiger partial charge in [0.05, 0.1) is 37.1 Å². The van der Waals surface area contributed by atoms with Crippen LogP contribution in [0.5, 0.6) is 0 Å². The molecule has 836 valence electrons. The lowest BCUT2D eigenvalue weighted by atomic mass is 9.88. The summed E-state index contributed by atoms with van der Waals surface area (Å²) in [6.45, 7) is 26.2. The van der Waals surface area contributed by atoms with Gasteiger partial charge in [0, 0.05) is 37.8 Å². The fourth-order valence-corrected chi connectivity index (χ4v) is 17.5. The summed E-state index contributed by atoms with van der Waals surface area (Å²) in [5, 5.41) is 64.9. The Hall–Kier alpha value is -11.0. The molecule has 2 aliphatic rings. The van der Waals surface area contributed by atoms with Crippen molar-refractivity contribution in [2.75, 3.05) is 52.4 Å². The molecule has 42 nitrogen and oxygen atoms in total. The summed E-state index contributed by atoms with van der Waals surface area (Å²) in [5.41, 5.74) is 36.9. The van der Waals surface area contributed by atoms with Crippen molar-refractivity contribution < 1.29 is 96.5 Å². The highest BCUT2D eigenvalue weighted by molar-refractivity contribution is 6.01. The van der Waals surface area contributed by atoms with Crippen LogP contribution in [0.15, 0.2) is 60.7 Å². The van der Waals surface area contributed by atoms with Gasteiger partial charge in [-0.3, -0.25) is 86.3 Å². The van der Waals surface area contributed by atoms with E-state index in [2.05, 4.69) is 98.9 Å². The number of ketones is 2. The van der Waals surface area contributed by atoms with Gasteiger partial charge in [-0.2, -0.15) is 0 Å². The van der Waals surface area contributed by atoms with Crippen LogP contribution in [0, 0.1) is 47.3 Å². The zero-order valence-electron chi connectivity index (χ0n) is 90.2. The second kappa shape index (κ2) is 72.4. The minimum Gasteiger partial charge on any atom is -0.393 e. The lowest BCUT2D eigenvalue weighted by Crippen LogP contribution is -2.59. The zero-order valence-corrected chi connectivity index (χ0v) is 90.2. The fraction of sp³-hybridized carbons (Fsp3) is 0.717. The van der Waals surface area contributed by atoms with E-state index >= 15 is 0 Å². The number of unbranched alkanes of at least 4 members (excludes halogenated alkanes) is 1. The van der Waals surface area contributed by atoms with Gasteiger partial charge in [0.25, 0.3) is 0 Å². The third-order valence-electron chi connectivity index (χ3n) is 26.2. The van der Waals surface area contributed by atoms with Gasteiger partial charge in [-0.05, 0) is 208 Å². The third-order valence-corrected chi connectivity index (χ3v) is 26.2. The molecule has 2 saturated heterocycles. The SMILES string of the molecule is CCC[C@@H]1NC(=O)[C@H](CCN)NC(=O)[C@H](CC(C)C)CC(=O)[C@@H](Cc2ccccc2)NC(=O)[C@H](CCN)NC(=O)[C@@H](NC(=O)[C@@H](CCN)NC(=O)C[C@H](O)CCCC[C@@H](C)CC)CCNC(=O)[C@H](CC(C)C)NC1=O.CCC[C@@H]1NC(=O)[C@H](CCN)NC(=O)[C@H](CC(C)C)CC(=O)[C@@H](Cc2ccccc2)NC(=O)[C@H](CCN)NC(=O)[C@@H](NC(=O)[C@@H](CCN)NC(=O)C[C@H](O)CC[C@@H](C)CC)CCNC(=O)[C@H](CC(C)C)NC1=O. The van der Waals surface area contributed by atoms with Crippen molar-refractivity contribution in [3.63, 3.8) is 0 Å². The molecule has 0 saturated carbocycles. The number of aliphatic hydroxyl groups is 2. The van der Waals surface area contributed by atoms with E-state index in [-0.39, 0.29) is 204 Å². The number of carbonyl (C=O) groups excluding carboxylic acids is 18. The molecule has 2 aliphatic heterocycles. The number of rotatable bonds is 48. The van der Waals surface area contributed by atoms with Crippen LogP contribution < -0.4 is 119 Å². The van der Waals surface area contributed by atoms with Gasteiger partial charge in [-0.15, -0.1) is 0 Å². The van der Waals surface area contributed by atoms with E-state index in [4.69, 9.17) is 34.4 Å². The number of hydrogen-bond acceptors (Lipinski definition) is 26. The van der Waals surface area contributed by atoms with E-state index in [1.807, 2.05) is 83.1 Å². The van der Waals surface area contributed by atoms with Crippen molar-refractivity contribution in [1.29, 1.82) is 0 Å². The molecule has 2 aromatic carbocycles. The molecule has 2 heterocycles. The number of hydrogen-bond donors (Lipinski definition) is 24. The van der Waals surface area contributed by atoms with Gasteiger partial charge in [-0.25, -0.2) is 0 Å². The molecule has 0 bridgehead atoms. The number of carbonyl (C=O) groups is 18. The van der Waals surface area contributed by atoms with Gasteiger partial charge < -0.3 is 130 Å². The van der Waals surface area contributed by atoms with E-state index in [0.29, 0.717) is 55.1 Å². The van der Waals surface area contributed by atoms with Crippen LogP contribution in [0.4, 0.5) is 0 Å². The quantitative estimate of drug-likeness (QED) is 0.0415. The summed E-state index contributed by atoms with van der Waals surface area (Å²) in [7, 11) is 0. The highest BCUT2D eigenvalue weighted by Crippen LogP contribution is 2.25. The van der Waals surface area contributed by atoms with Gasteiger partial charge in [-0.1, -0.05) is 203 Å². The first-order chi connectivity index (χ1) is 70.3. The van der Waals surface area contributed by atoms with E-state index in [9.17, 15) is 96.5 Å². The Labute approximate surface area is 875 Å². The first kappa shape index (κ1) is 131. The van der Waals surface area contributed by atoms with Crippen LogP contribution in [0.3, 0.4) is 0 Å². The molecule has 2 aromatic rings. The normalized spacial score (nSPS) is 23.6. The molecule has 4 rings (SSSR count). The van der Waals surface area contributed by atoms with Crippen LogP contribution in [-0.4, -0.2) is 265 Å². The summed E-state index contributed by atoms with van der Waals surface area (Å²) in [6, 6.07) is 0.520. The van der Waals surface area contributed by atoms with E-state index in [1.165, 1.54) is 0 Å². The van der Waals surface area contributed by atoms with Gasteiger partial charge in [0.1, 0.15) is 72.5 Å². The Morgan fingerprint density at radius 2 is 0.622 bits per heavy atom. The topological polar surface area (TPSA) is 696 Å². The monoisotopic (exact) mass is 2080 g/mol. The summed E-state index contributed by atoms with van der Waals surface area (Å²) in [6.07, 6.45) is 4.34. The first-order valence-electron chi connectivity index (χ1n) is 53.8. The summed E-state index contributed by atoms with van der Waals surface area (Å²) < 4.78 is 0. The Bertz CT molecular complexity index is 4420. The van der Waals surface area contributed by atoms with Crippen LogP contribution in [-0.2, 0) is 99.1 Å². The summed E-state index contributed by atoms with van der Waals surface area (Å²) in [5.74, 6) is -13.5. The maximum absolute atomic E-state index is 14.5. The highest BCUT2D eigenvalue weighted by Gasteiger charge is 2.41. The van der Waals surface area contributed by atoms with E-state index in [1.54, 1.807) is 60.7 Å². The summed E-state index contributed by atoms with van der Waals surface area (Å²) in [4.78, 5) is 253. The minimum atomic E-state index is -1.44. The van der Waals surface area contributed by atoms with Gasteiger partial charge in [0.15, 0.2) is 11.6 Å². The average Bonchev–Trinajstić information content (AvgIpc) is 1.06. The van der Waals surface area contributed by atoms with E-state index < -0.39 is 215 Å². The molecule has 2 fully saturated rings. The molecule has 42 heteroatoms. The standard InChI is InChI=1S/C54H93N11O10.C52H89N11O10/c1-8-15-39-50(71)65-45(29-34(5)6)49(70)58-27-23-43(63-51(72)40(20-24-55)59-47(68)32-38(66)19-14-13-16-35(7)9-2)54(75)62-42(22-26-57)53(74)64-44(30-36-17-11-10-12-18-36)46(67)31-37(28-33(3)4)48(69)60-41(21-25-56)52(73)61-39;1-8-13-37-48(69)63-43(27-32(5)6)47(68)56-25-21-41(61-49(70)38(18-22-53)57-45(66)30-36(64)17-16-33(7)9-2)52(73)60-40(20-24-55)51(72)62-42(28-34-14-11-10-12-15-34)44(65)29-35(26-31(3)4)46(67)58-39(19-23-54)50(71)59-37/h10-12,17-18,33-35,37-45,66H,8-9,13-16,19-32,55-57H2,1-7H3,(H,58,70)(H,59,68)(H,60,69)(H,61,73)(H,62,75)(H,63,72)(H,64,74)(H,65,71);10-12,14-15,31-33,35-43,64H,8-9,13,16-30,53-55H2,1-7H3,(H,56,68)(H,57,66)(H,58,67)(H,59,71)(H,60,73)(H,61,70)(H,62,72)(H,63,69)/t35-,37+,38+,39-,40+,41-,42-,43-,44+,45-;33-,35+,36+,37-,38+,39-,40-,41-,42+,43-/m00/s1. The molecule has 0 aromatic heterocycles. The maximum atomic E-state index is 14.5. The second-order valence-corrected chi connectivity index (χ2v) is 41.4. The van der Waals surface area contributed by atoms with Crippen LogP contribution in [0.1, 0.15) is 288 Å². The Balaban J connectivity index is 0.000000760. The number of benzene rings is 2. The molecular formula is C106H182N22O20. The molecule has 16 amide bonds. The number of Topliss-reactive ketones (excluding diaryl/α,β-unsaturated/α-hetero) is 2. The van der Waals surface area contributed by atoms with Gasteiger partial charge >= 0.3 is 0 Å². The molecule has 20 atom stereocenters. The van der Waals surface area contributed by atoms with Crippen molar-refractivity contribution in [3.8, 4) is 0 Å². The molecule has 0 unspecified atom stereocenters. The smallest absolute Gasteiger partial charge is 0.243 e. The highest BCUT2D eigenvalue weighted by atomic mass is 16.3. The van der Waals surface area contributed by atoms with Crippen molar-refractivity contribution >= 4 is 106 Å². The number of aliphatic hydroxyl groups excluding tert-OH is 2. The van der Waals surface area contributed by atoms with Crippen LogP contribution in [0.25, 0.3) is 0 Å². The van der Waals surface area contributed by atoms with Crippen molar-refractivity contribution in [1.82, 2.24) is 85.1 Å². The summed E-state index contributed by atoms with van der Waals surface area (Å²) >= 11 is 0. The molecule has 30 N–H and O–H groups in total.